The molecule has 0 radical (unpaired) electrons. The summed E-state index contributed by atoms with van der Waals surface area (Å²) in [6.07, 6.45) is 3.56. The highest BCUT2D eigenvalue weighted by Crippen LogP contribution is 2.23. The van der Waals surface area contributed by atoms with Crippen molar-refractivity contribution in [1.29, 1.82) is 0 Å². The lowest BCUT2D eigenvalue weighted by Gasteiger charge is -2.37. The molecule has 1 atom stereocenters. The van der Waals surface area contributed by atoms with Crippen LogP contribution in [0.25, 0.3) is 0 Å². The van der Waals surface area contributed by atoms with E-state index in [1.807, 2.05) is 23.1 Å². The first-order valence-electron chi connectivity index (χ1n) is 12.6. The minimum Gasteiger partial charge on any atom is -0.356 e. The smallest absolute Gasteiger partial charge is 0.243 e. The van der Waals surface area contributed by atoms with Crippen LogP contribution in [-0.4, -0.2) is 80.2 Å². The van der Waals surface area contributed by atoms with Crippen LogP contribution in [0, 0.1) is 12.8 Å². The van der Waals surface area contributed by atoms with Crippen molar-refractivity contribution in [1.82, 2.24) is 19.5 Å². The maximum Gasteiger partial charge on any atom is 0.243 e. The number of carbonyl (C=O) groups excluding carboxylic acids is 2. The molecule has 2 aromatic rings. The van der Waals surface area contributed by atoms with Crippen molar-refractivity contribution in [3.8, 4) is 0 Å². The first kappa shape index (κ1) is 26.1. The van der Waals surface area contributed by atoms with Gasteiger partial charge < -0.3 is 15.1 Å². The second-order valence-electron chi connectivity index (χ2n) is 9.40. The molecule has 4 rings (SSSR count). The number of piperazine rings is 1. The minimum atomic E-state index is -3.74. The lowest BCUT2D eigenvalue weighted by atomic mass is 9.97. The molecule has 1 aromatic heterocycles. The summed E-state index contributed by atoms with van der Waals surface area (Å²) in [6, 6.07) is 12.7. The number of rotatable bonds is 4. The highest BCUT2D eigenvalue weighted by atomic mass is 32.2. The zero-order valence-electron chi connectivity index (χ0n) is 20.8. The Morgan fingerprint density at radius 1 is 0.972 bits per heavy atom. The van der Waals surface area contributed by atoms with Gasteiger partial charge in [0.15, 0.2) is 0 Å². The first-order valence-corrected chi connectivity index (χ1v) is 14.1. The summed E-state index contributed by atoms with van der Waals surface area (Å²) in [4.78, 5) is 34.6. The number of aromatic nitrogens is 1. The van der Waals surface area contributed by atoms with Crippen molar-refractivity contribution in [3.63, 3.8) is 0 Å². The topological polar surface area (TPSA) is 103 Å². The highest BCUT2D eigenvalue weighted by molar-refractivity contribution is 7.89. The summed E-state index contributed by atoms with van der Waals surface area (Å²) in [5.41, 5.74) is 0.675. The molecule has 9 nitrogen and oxygen atoms in total. The maximum atomic E-state index is 13.4. The van der Waals surface area contributed by atoms with Crippen LogP contribution in [0.1, 0.15) is 31.2 Å². The predicted octanol–water partition coefficient (Wildman–Crippen LogP) is 2.04. The van der Waals surface area contributed by atoms with Gasteiger partial charge in [-0.25, -0.2) is 13.4 Å². The van der Waals surface area contributed by atoms with E-state index >= 15 is 0 Å². The van der Waals surface area contributed by atoms with E-state index in [2.05, 4.69) is 15.2 Å². The molecular formula is C26H35N5O4S. The van der Waals surface area contributed by atoms with Crippen LogP contribution >= 0.6 is 0 Å². The van der Waals surface area contributed by atoms with Gasteiger partial charge in [0.2, 0.25) is 21.8 Å². The van der Waals surface area contributed by atoms with E-state index < -0.39 is 10.0 Å². The van der Waals surface area contributed by atoms with Crippen LogP contribution in [0.2, 0.25) is 0 Å². The zero-order valence-corrected chi connectivity index (χ0v) is 21.6. The van der Waals surface area contributed by atoms with Crippen molar-refractivity contribution in [2.75, 3.05) is 50.7 Å². The lowest BCUT2D eigenvalue weighted by molar-refractivity contribution is -0.136. The fraction of sp³-hybridized carbons (Fsp3) is 0.500. The monoisotopic (exact) mass is 513 g/mol. The maximum absolute atomic E-state index is 13.4. The molecule has 1 N–H and O–H groups in total. The summed E-state index contributed by atoms with van der Waals surface area (Å²) < 4.78 is 28.2. The fourth-order valence-corrected chi connectivity index (χ4v) is 6.60. The molecule has 0 aliphatic carbocycles. The molecule has 1 unspecified atom stereocenters. The van der Waals surface area contributed by atoms with Crippen molar-refractivity contribution in [2.45, 2.75) is 37.5 Å². The van der Waals surface area contributed by atoms with E-state index in [0.717, 1.165) is 5.82 Å². The Hall–Kier alpha value is -2.98. The van der Waals surface area contributed by atoms with Gasteiger partial charge in [0.25, 0.3) is 0 Å². The molecule has 2 saturated heterocycles. The number of amides is 2. The third-order valence-electron chi connectivity index (χ3n) is 6.99. The average Bonchev–Trinajstić information content (AvgIpc) is 2.93. The average molecular weight is 514 g/mol. The van der Waals surface area contributed by atoms with Gasteiger partial charge in [-0.05, 0) is 49.9 Å². The van der Waals surface area contributed by atoms with Gasteiger partial charge in [0.05, 0.1) is 4.90 Å². The number of pyridine rings is 1. The number of aryl methyl sites for hydroxylation is 1. The molecule has 2 aliphatic heterocycles. The molecular weight excluding hydrogens is 478 g/mol. The number of sulfonamides is 1. The minimum absolute atomic E-state index is 0.0810. The fourth-order valence-electron chi connectivity index (χ4n) is 4.90. The Balaban J connectivity index is 1.41. The number of anilines is 1. The van der Waals surface area contributed by atoms with Gasteiger partial charge in [0.1, 0.15) is 5.82 Å². The Kier molecular flexibility index (Phi) is 8.58. The van der Waals surface area contributed by atoms with E-state index in [1.165, 1.54) is 4.31 Å². The summed E-state index contributed by atoms with van der Waals surface area (Å²) in [5, 5.41) is 2.87. The third-order valence-corrected chi connectivity index (χ3v) is 9.05. The molecule has 2 aliphatic rings. The molecule has 0 spiro atoms. The second kappa shape index (κ2) is 11.8. The van der Waals surface area contributed by atoms with Crippen LogP contribution in [0.15, 0.2) is 53.6 Å². The Bertz CT molecular complexity index is 1150. The molecule has 2 amide bonds. The number of carbonyl (C=O) groups is 2. The summed E-state index contributed by atoms with van der Waals surface area (Å²) in [7, 11) is -3.74. The van der Waals surface area contributed by atoms with Gasteiger partial charge in [-0.2, -0.15) is 4.31 Å². The van der Waals surface area contributed by atoms with Crippen LogP contribution in [0.5, 0.6) is 0 Å². The molecule has 0 saturated carbocycles. The quantitative estimate of drug-likeness (QED) is 0.671. The summed E-state index contributed by atoms with van der Waals surface area (Å²) >= 11 is 0. The molecule has 1 aromatic carbocycles. The number of benzene rings is 1. The zero-order chi connectivity index (χ0) is 25.5. The first-order chi connectivity index (χ1) is 17.4. The van der Waals surface area contributed by atoms with Crippen molar-refractivity contribution in [2.24, 2.45) is 5.92 Å². The largest absolute Gasteiger partial charge is 0.356 e. The second-order valence-corrected chi connectivity index (χ2v) is 11.3. The van der Waals surface area contributed by atoms with Gasteiger partial charge in [-0.1, -0.05) is 24.3 Å². The van der Waals surface area contributed by atoms with E-state index in [9.17, 15) is 18.0 Å². The van der Waals surface area contributed by atoms with Crippen molar-refractivity contribution >= 4 is 27.7 Å². The van der Waals surface area contributed by atoms with Gasteiger partial charge >= 0.3 is 0 Å². The number of nitrogens with one attached hydrogen (secondary N) is 1. The summed E-state index contributed by atoms with van der Waals surface area (Å²) in [6.45, 7) is 5.25. The predicted molar refractivity (Wildman–Crippen MR) is 138 cm³/mol. The van der Waals surface area contributed by atoms with E-state index in [0.29, 0.717) is 57.5 Å². The van der Waals surface area contributed by atoms with Crippen LogP contribution < -0.4 is 10.2 Å². The van der Waals surface area contributed by atoms with Crippen LogP contribution in [-0.2, 0) is 19.6 Å². The molecule has 194 valence electrons. The van der Waals surface area contributed by atoms with Crippen molar-refractivity contribution < 1.29 is 18.0 Å². The molecule has 36 heavy (non-hydrogen) atoms. The third kappa shape index (κ3) is 6.22. The van der Waals surface area contributed by atoms with Gasteiger partial charge in [-0.15, -0.1) is 0 Å². The molecule has 3 heterocycles. The number of hydrogen-bond acceptors (Lipinski definition) is 6. The lowest BCUT2D eigenvalue weighted by Crippen LogP contribution is -2.51. The van der Waals surface area contributed by atoms with Crippen LogP contribution in [0.3, 0.4) is 0 Å². The standard InChI is InChI=1S/C26H35N5O4S/c1-21-7-2-3-9-23(21)36(34,35)31-15-6-8-22(11-14-28-25(32)12-16-31)26(33)30-19-17-29(18-20-30)24-10-4-5-13-27-24/h2-5,7,9-10,13,22H,6,8,11-12,14-20H2,1H3,(H,28,32). The van der Waals surface area contributed by atoms with E-state index in [4.69, 9.17) is 0 Å². The Morgan fingerprint density at radius 3 is 2.44 bits per heavy atom. The Morgan fingerprint density at radius 2 is 1.72 bits per heavy atom. The molecule has 0 bridgehead atoms. The highest BCUT2D eigenvalue weighted by Gasteiger charge is 2.30. The number of hydrogen-bond donors (Lipinski definition) is 1. The SMILES string of the molecule is Cc1ccccc1S(=O)(=O)N1CCCC(C(=O)N2CCN(c3ccccn3)CC2)CCNC(=O)CC1. The summed E-state index contributed by atoms with van der Waals surface area (Å²) in [5.74, 6) is 0.541. The van der Waals surface area contributed by atoms with Gasteiger partial charge in [0, 0.05) is 64.3 Å². The normalized spacial score (nSPS) is 20.9. The molecule has 2 fully saturated rings. The number of nitrogens with zero attached hydrogens (tertiary/aromatic N) is 4. The molecule has 10 heteroatoms. The van der Waals surface area contributed by atoms with Gasteiger partial charge in [-0.3, -0.25) is 9.59 Å². The van der Waals surface area contributed by atoms with Crippen LogP contribution in [0.4, 0.5) is 5.82 Å². The van der Waals surface area contributed by atoms with Crippen molar-refractivity contribution in [3.05, 3.63) is 54.2 Å². The Labute approximate surface area is 213 Å². The van der Waals surface area contributed by atoms with E-state index in [1.54, 1.807) is 37.4 Å². The van der Waals surface area contributed by atoms with E-state index in [-0.39, 0.29) is 42.1 Å².